The van der Waals surface area contributed by atoms with Gasteiger partial charge >= 0.3 is 0 Å². The molecule has 100 valence electrons. The number of halogens is 2. The van der Waals surface area contributed by atoms with Gasteiger partial charge < -0.3 is 5.32 Å². The maximum absolute atomic E-state index is 6.30. The van der Waals surface area contributed by atoms with Crippen LogP contribution in [0.3, 0.4) is 0 Å². The lowest BCUT2D eigenvalue weighted by molar-refractivity contribution is 0.166. The van der Waals surface area contributed by atoms with Crippen LogP contribution in [0, 0.1) is 0 Å². The van der Waals surface area contributed by atoms with Gasteiger partial charge in [0.05, 0.1) is 0 Å². The second kappa shape index (κ2) is 6.90. The zero-order chi connectivity index (χ0) is 13.0. The van der Waals surface area contributed by atoms with Crippen LogP contribution in [-0.4, -0.2) is 30.6 Å². The van der Waals surface area contributed by atoms with Crippen LogP contribution >= 0.6 is 27.5 Å². The molecule has 1 atom stereocenters. The van der Waals surface area contributed by atoms with Crippen LogP contribution in [0.5, 0.6) is 0 Å². The van der Waals surface area contributed by atoms with Gasteiger partial charge in [-0.2, -0.15) is 0 Å². The highest BCUT2D eigenvalue weighted by Gasteiger charge is 2.20. The van der Waals surface area contributed by atoms with Crippen LogP contribution in [0.15, 0.2) is 22.7 Å². The summed E-state index contributed by atoms with van der Waals surface area (Å²) in [6.45, 7) is 6.49. The van der Waals surface area contributed by atoms with Gasteiger partial charge in [-0.25, -0.2) is 0 Å². The van der Waals surface area contributed by atoms with Crippen molar-refractivity contribution >= 4 is 27.5 Å². The van der Waals surface area contributed by atoms with E-state index in [1.165, 1.54) is 18.4 Å². The zero-order valence-corrected chi connectivity index (χ0v) is 13.1. The molecule has 0 radical (unpaired) electrons. The molecule has 1 aliphatic heterocycles. The molecule has 1 N–H and O–H groups in total. The first-order valence-corrected chi connectivity index (χ1v) is 7.76. The highest BCUT2D eigenvalue weighted by atomic mass is 79.9. The van der Waals surface area contributed by atoms with E-state index in [1.54, 1.807) is 0 Å². The average Bonchev–Trinajstić information content (AvgIpc) is 2.39. The molecule has 1 heterocycles. The summed E-state index contributed by atoms with van der Waals surface area (Å²) >= 11 is 9.75. The molecule has 18 heavy (non-hydrogen) atoms. The largest absolute Gasteiger partial charge is 0.315 e. The molecule has 1 unspecified atom stereocenters. The SMILES string of the molecule is CCN(Cc1ccc(Br)cc1Cl)C1CCCNC1. The van der Waals surface area contributed by atoms with E-state index < -0.39 is 0 Å². The monoisotopic (exact) mass is 330 g/mol. The summed E-state index contributed by atoms with van der Waals surface area (Å²) in [6, 6.07) is 6.80. The highest BCUT2D eigenvalue weighted by molar-refractivity contribution is 9.10. The molecule has 0 amide bonds. The molecular formula is C14H20BrClN2. The van der Waals surface area contributed by atoms with Gasteiger partial charge in [0, 0.05) is 28.6 Å². The zero-order valence-electron chi connectivity index (χ0n) is 10.8. The first kappa shape index (κ1) is 14.3. The molecule has 4 heteroatoms. The average molecular weight is 332 g/mol. The maximum Gasteiger partial charge on any atom is 0.0462 e. The van der Waals surface area contributed by atoms with E-state index in [0.29, 0.717) is 6.04 Å². The van der Waals surface area contributed by atoms with E-state index in [9.17, 15) is 0 Å². The van der Waals surface area contributed by atoms with E-state index >= 15 is 0 Å². The van der Waals surface area contributed by atoms with Gasteiger partial charge in [0.2, 0.25) is 0 Å². The Labute approximate surface area is 123 Å². The van der Waals surface area contributed by atoms with Crippen molar-refractivity contribution in [3.63, 3.8) is 0 Å². The number of nitrogens with one attached hydrogen (secondary N) is 1. The molecular weight excluding hydrogens is 312 g/mol. The van der Waals surface area contributed by atoms with Crippen LogP contribution in [-0.2, 0) is 6.54 Å². The Kier molecular flexibility index (Phi) is 5.49. The molecule has 2 rings (SSSR count). The van der Waals surface area contributed by atoms with Gasteiger partial charge in [-0.3, -0.25) is 4.90 Å². The Morgan fingerprint density at radius 1 is 1.50 bits per heavy atom. The molecule has 2 nitrogen and oxygen atoms in total. The number of hydrogen-bond donors (Lipinski definition) is 1. The van der Waals surface area contributed by atoms with Crippen LogP contribution in [0.1, 0.15) is 25.3 Å². The van der Waals surface area contributed by atoms with Crippen LogP contribution in [0.4, 0.5) is 0 Å². The van der Waals surface area contributed by atoms with Crippen molar-refractivity contribution in [1.29, 1.82) is 0 Å². The topological polar surface area (TPSA) is 15.3 Å². The van der Waals surface area contributed by atoms with Crippen molar-refractivity contribution in [2.24, 2.45) is 0 Å². The maximum atomic E-state index is 6.30. The Morgan fingerprint density at radius 2 is 2.33 bits per heavy atom. The fourth-order valence-electron chi connectivity index (χ4n) is 2.51. The van der Waals surface area contributed by atoms with Crippen molar-refractivity contribution in [2.45, 2.75) is 32.4 Å². The third-order valence-electron chi connectivity index (χ3n) is 3.58. The third kappa shape index (κ3) is 3.70. The minimum atomic E-state index is 0.642. The number of rotatable bonds is 4. The van der Waals surface area contributed by atoms with E-state index in [-0.39, 0.29) is 0 Å². The molecule has 1 aliphatic rings. The van der Waals surface area contributed by atoms with Crippen LogP contribution < -0.4 is 5.32 Å². The Balaban J connectivity index is 2.04. The van der Waals surface area contributed by atoms with Gasteiger partial charge in [-0.15, -0.1) is 0 Å². The first-order chi connectivity index (χ1) is 8.70. The lowest BCUT2D eigenvalue weighted by atomic mass is 10.0. The lowest BCUT2D eigenvalue weighted by Gasteiger charge is -2.34. The predicted molar refractivity (Wildman–Crippen MR) is 81.1 cm³/mol. The molecule has 0 aromatic heterocycles. The van der Waals surface area contributed by atoms with Gasteiger partial charge in [-0.1, -0.05) is 40.5 Å². The number of piperidine rings is 1. The summed E-state index contributed by atoms with van der Waals surface area (Å²) in [5, 5.41) is 4.33. The Morgan fingerprint density at radius 3 is 2.94 bits per heavy atom. The second-order valence-corrected chi connectivity index (χ2v) is 6.12. The molecule has 0 bridgehead atoms. The number of nitrogens with zero attached hydrogens (tertiary/aromatic N) is 1. The van der Waals surface area contributed by atoms with Crippen molar-refractivity contribution in [2.75, 3.05) is 19.6 Å². The van der Waals surface area contributed by atoms with Gasteiger partial charge in [0.25, 0.3) is 0 Å². The lowest BCUT2D eigenvalue weighted by Crippen LogP contribution is -2.45. The van der Waals surface area contributed by atoms with E-state index in [1.807, 2.05) is 6.07 Å². The Bertz CT molecular complexity index is 391. The van der Waals surface area contributed by atoms with E-state index in [0.717, 1.165) is 35.7 Å². The summed E-state index contributed by atoms with van der Waals surface area (Å²) in [5.74, 6) is 0. The summed E-state index contributed by atoms with van der Waals surface area (Å²) in [4.78, 5) is 2.52. The highest BCUT2D eigenvalue weighted by Crippen LogP contribution is 2.24. The molecule has 1 aromatic carbocycles. The number of hydrogen-bond acceptors (Lipinski definition) is 2. The van der Waals surface area contributed by atoms with Crippen molar-refractivity contribution in [1.82, 2.24) is 10.2 Å². The van der Waals surface area contributed by atoms with Gasteiger partial charge in [-0.05, 0) is 43.6 Å². The Hall–Kier alpha value is -0.0900. The summed E-state index contributed by atoms with van der Waals surface area (Å²) in [7, 11) is 0. The van der Waals surface area contributed by atoms with Gasteiger partial charge in [0.1, 0.15) is 0 Å². The summed E-state index contributed by atoms with van der Waals surface area (Å²) in [5.41, 5.74) is 1.22. The minimum Gasteiger partial charge on any atom is -0.315 e. The quantitative estimate of drug-likeness (QED) is 0.905. The van der Waals surface area contributed by atoms with Crippen LogP contribution in [0.2, 0.25) is 5.02 Å². The van der Waals surface area contributed by atoms with E-state index in [2.05, 4.69) is 45.2 Å². The molecule has 1 fully saturated rings. The molecule has 1 aromatic rings. The standard InChI is InChI=1S/C14H20BrClN2/c1-2-18(13-4-3-7-17-9-13)10-11-5-6-12(15)8-14(11)16/h5-6,8,13,17H,2-4,7,9-10H2,1H3. The van der Waals surface area contributed by atoms with E-state index in [4.69, 9.17) is 11.6 Å². The minimum absolute atomic E-state index is 0.642. The third-order valence-corrected chi connectivity index (χ3v) is 4.43. The van der Waals surface area contributed by atoms with Gasteiger partial charge in [0.15, 0.2) is 0 Å². The number of likely N-dealkylation sites (N-methyl/N-ethyl adjacent to an activating group) is 1. The summed E-state index contributed by atoms with van der Waals surface area (Å²) < 4.78 is 1.04. The fourth-order valence-corrected chi connectivity index (χ4v) is 3.25. The first-order valence-electron chi connectivity index (χ1n) is 6.59. The number of benzene rings is 1. The summed E-state index contributed by atoms with van der Waals surface area (Å²) in [6.07, 6.45) is 2.56. The molecule has 0 spiro atoms. The fraction of sp³-hybridized carbons (Fsp3) is 0.571. The normalized spacial score (nSPS) is 20.3. The molecule has 1 saturated heterocycles. The smallest absolute Gasteiger partial charge is 0.0462 e. The second-order valence-electron chi connectivity index (χ2n) is 4.80. The van der Waals surface area contributed by atoms with Crippen molar-refractivity contribution in [3.05, 3.63) is 33.3 Å². The molecule has 0 aliphatic carbocycles. The van der Waals surface area contributed by atoms with Crippen molar-refractivity contribution < 1.29 is 0 Å². The van der Waals surface area contributed by atoms with Crippen LogP contribution in [0.25, 0.3) is 0 Å². The molecule has 0 saturated carbocycles. The van der Waals surface area contributed by atoms with Crippen molar-refractivity contribution in [3.8, 4) is 0 Å². The predicted octanol–water partition coefficient (Wildman–Crippen LogP) is 3.68.